The lowest BCUT2D eigenvalue weighted by Gasteiger charge is -2.11. The van der Waals surface area contributed by atoms with Crippen LogP contribution in [0.25, 0.3) is 17.1 Å². The van der Waals surface area contributed by atoms with E-state index in [-0.39, 0.29) is 11.7 Å². The molecule has 29 heavy (non-hydrogen) atoms. The predicted octanol–water partition coefficient (Wildman–Crippen LogP) is 4.84. The Morgan fingerprint density at radius 1 is 1.07 bits per heavy atom. The fraction of sp³-hybridized carbons (Fsp3) is 0.136. The van der Waals surface area contributed by atoms with E-state index in [9.17, 15) is 9.18 Å². The molecule has 1 N–H and O–H groups in total. The van der Waals surface area contributed by atoms with E-state index in [1.165, 1.54) is 18.5 Å². The third-order valence-corrected chi connectivity index (χ3v) is 4.85. The molecular formula is C22H19FN4O2. The van der Waals surface area contributed by atoms with Crippen molar-refractivity contribution in [1.82, 2.24) is 14.8 Å². The molecule has 2 aromatic heterocycles. The minimum Gasteiger partial charge on any atom is -0.423 e. The Labute approximate surface area is 167 Å². The zero-order valence-corrected chi connectivity index (χ0v) is 16.2. The molecule has 0 bridgehead atoms. The normalized spacial score (nSPS) is 10.9. The van der Waals surface area contributed by atoms with Crippen molar-refractivity contribution < 1.29 is 13.6 Å². The molecule has 4 rings (SSSR count). The van der Waals surface area contributed by atoms with Crippen LogP contribution < -0.4 is 5.32 Å². The summed E-state index contributed by atoms with van der Waals surface area (Å²) in [5.74, 6) is -0.141. The van der Waals surface area contributed by atoms with Crippen molar-refractivity contribution in [2.45, 2.75) is 20.8 Å². The lowest BCUT2D eigenvalue weighted by atomic mass is 10.1. The fourth-order valence-electron chi connectivity index (χ4n) is 3.36. The number of amides is 1. The Morgan fingerprint density at radius 2 is 1.83 bits per heavy atom. The molecule has 2 heterocycles. The first-order valence-corrected chi connectivity index (χ1v) is 9.07. The van der Waals surface area contributed by atoms with Crippen LogP contribution in [0, 0.1) is 26.6 Å². The second-order valence-electron chi connectivity index (χ2n) is 6.82. The van der Waals surface area contributed by atoms with Crippen LogP contribution in [0.4, 0.5) is 10.1 Å². The highest BCUT2D eigenvalue weighted by molar-refractivity contribution is 6.06. The van der Waals surface area contributed by atoms with E-state index in [0.29, 0.717) is 17.1 Å². The number of nitrogens with zero attached hydrogens (tertiary/aromatic N) is 3. The van der Waals surface area contributed by atoms with Crippen LogP contribution in [-0.2, 0) is 0 Å². The van der Waals surface area contributed by atoms with E-state index in [1.807, 2.05) is 43.5 Å². The lowest BCUT2D eigenvalue weighted by Crippen LogP contribution is -2.14. The lowest BCUT2D eigenvalue weighted by molar-refractivity contribution is 0.102. The number of hydrogen-bond donors (Lipinski definition) is 1. The van der Waals surface area contributed by atoms with Crippen LogP contribution in [0.2, 0.25) is 0 Å². The van der Waals surface area contributed by atoms with Crippen LogP contribution in [-0.4, -0.2) is 20.7 Å². The summed E-state index contributed by atoms with van der Waals surface area (Å²) < 4.78 is 20.4. The molecule has 0 spiro atoms. The molecule has 0 saturated carbocycles. The molecule has 2 aromatic carbocycles. The average molecular weight is 390 g/mol. The third kappa shape index (κ3) is 3.54. The van der Waals surface area contributed by atoms with Gasteiger partial charge in [0.25, 0.3) is 5.91 Å². The zero-order valence-electron chi connectivity index (χ0n) is 16.2. The van der Waals surface area contributed by atoms with E-state index in [4.69, 9.17) is 4.42 Å². The first-order valence-electron chi connectivity index (χ1n) is 9.07. The number of anilines is 1. The number of nitrogens with one attached hydrogen (secondary N) is 1. The molecule has 4 aromatic rings. The molecule has 0 aliphatic rings. The van der Waals surface area contributed by atoms with Crippen LogP contribution in [0.3, 0.4) is 0 Å². The van der Waals surface area contributed by atoms with Crippen LogP contribution in [0.1, 0.15) is 27.3 Å². The number of benzene rings is 2. The van der Waals surface area contributed by atoms with Gasteiger partial charge < -0.3 is 14.3 Å². The Kier molecular flexibility index (Phi) is 4.72. The molecule has 0 saturated heterocycles. The SMILES string of the molecule is Cc1ccc(-c2nnco2)cc1NC(=O)c1cc(C)n(-c2ccc(F)cc2)c1C. The number of halogens is 1. The van der Waals surface area contributed by atoms with Crippen molar-refractivity contribution in [2.75, 3.05) is 5.32 Å². The number of rotatable bonds is 4. The number of aromatic nitrogens is 3. The van der Waals surface area contributed by atoms with E-state index in [2.05, 4.69) is 15.5 Å². The number of aryl methyl sites for hydroxylation is 2. The van der Waals surface area contributed by atoms with E-state index in [1.54, 1.807) is 18.2 Å². The maximum atomic E-state index is 13.3. The summed E-state index contributed by atoms with van der Waals surface area (Å²) in [6.07, 6.45) is 1.26. The van der Waals surface area contributed by atoms with Gasteiger partial charge in [-0.1, -0.05) is 6.07 Å². The molecule has 146 valence electrons. The summed E-state index contributed by atoms with van der Waals surface area (Å²) in [5, 5.41) is 10.6. The van der Waals surface area contributed by atoms with Crippen LogP contribution >= 0.6 is 0 Å². The Morgan fingerprint density at radius 3 is 2.52 bits per heavy atom. The summed E-state index contributed by atoms with van der Waals surface area (Å²) in [5.41, 5.74) is 5.31. The first-order chi connectivity index (χ1) is 13.9. The predicted molar refractivity (Wildman–Crippen MR) is 108 cm³/mol. The van der Waals surface area contributed by atoms with E-state index < -0.39 is 0 Å². The van der Waals surface area contributed by atoms with Crippen molar-refractivity contribution in [3.63, 3.8) is 0 Å². The zero-order chi connectivity index (χ0) is 20.5. The molecule has 0 unspecified atom stereocenters. The van der Waals surface area contributed by atoms with Crippen LogP contribution in [0.15, 0.2) is 59.3 Å². The molecule has 0 atom stereocenters. The highest BCUT2D eigenvalue weighted by atomic mass is 19.1. The Hall–Kier alpha value is -3.74. The Balaban J connectivity index is 1.65. The van der Waals surface area contributed by atoms with Crippen LogP contribution in [0.5, 0.6) is 0 Å². The largest absolute Gasteiger partial charge is 0.423 e. The second kappa shape index (κ2) is 7.35. The summed E-state index contributed by atoms with van der Waals surface area (Å²) in [6, 6.07) is 13.6. The molecular weight excluding hydrogens is 371 g/mol. The molecule has 6 nitrogen and oxygen atoms in total. The summed E-state index contributed by atoms with van der Waals surface area (Å²) in [6.45, 7) is 5.69. The van der Waals surface area contributed by atoms with Gasteiger partial charge in [-0.25, -0.2) is 4.39 Å². The van der Waals surface area contributed by atoms with Gasteiger partial charge in [0.15, 0.2) is 0 Å². The molecule has 0 aliphatic carbocycles. The van der Waals surface area contributed by atoms with E-state index in [0.717, 1.165) is 28.2 Å². The monoisotopic (exact) mass is 390 g/mol. The van der Waals surface area contributed by atoms with Gasteiger partial charge in [-0.3, -0.25) is 4.79 Å². The third-order valence-electron chi connectivity index (χ3n) is 4.85. The fourth-order valence-corrected chi connectivity index (χ4v) is 3.36. The van der Waals surface area contributed by atoms with Crippen molar-refractivity contribution in [3.8, 4) is 17.1 Å². The van der Waals surface area contributed by atoms with Gasteiger partial charge >= 0.3 is 0 Å². The number of carbonyl (C=O) groups is 1. The average Bonchev–Trinajstić information content (AvgIpc) is 3.33. The van der Waals surface area contributed by atoms with Gasteiger partial charge in [0, 0.05) is 28.3 Å². The van der Waals surface area contributed by atoms with Crippen molar-refractivity contribution in [2.24, 2.45) is 0 Å². The minimum atomic E-state index is -0.300. The maximum absolute atomic E-state index is 13.3. The number of carbonyl (C=O) groups excluding carboxylic acids is 1. The first kappa shape index (κ1) is 18.6. The van der Waals surface area contributed by atoms with Gasteiger partial charge in [-0.2, -0.15) is 0 Å². The molecule has 1 amide bonds. The van der Waals surface area contributed by atoms with Gasteiger partial charge in [0.2, 0.25) is 12.3 Å². The maximum Gasteiger partial charge on any atom is 0.257 e. The smallest absolute Gasteiger partial charge is 0.257 e. The topological polar surface area (TPSA) is 73.0 Å². The molecule has 0 aliphatic heterocycles. The molecule has 0 radical (unpaired) electrons. The van der Waals surface area contributed by atoms with Gasteiger partial charge in [0.1, 0.15) is 5.82 Å². The van der Waals surface area contributed by atoms with Gasteiger partial charge in [-0.05, 0) is 68.8 Å². The highest BCUT2D eigenvalue weighted by Crippen LogP contribution is 2.26. The van der Waals surface area contributed by atoms with Crippen molar-refractivity contribution in [1.29, 1.82) is 0 Å². The summed E-state index contributed by atoms with van der Waals surface area (Å²) in [7, 11) is 0. The standard InChI is InChI=1S/C22H19FN4O2/c1-13-4-5-16(22-26-24-12-29-22)11-20(13)25-21(28)19-10-14(2)27(15(19)3)18-8-6-17(23)7-9-18/h4-12H,1-3H3,(H,25,28). The van der Waals surface area contributed by atoms with Crippen molar-refractivity contribution in [3.05, 3.63) is 83.3 Å². The highest BCUT2D eigenvalue weighted by Gasteiger charge is 2.18. The van der Waals surface area contributed by atoms with Gasteiger partial charge in [0.05, 0.1) is 5.56 Å². The van der Waals surface area contributed by atoms with Crippen molar-refractivity contribution >= 4 is 11.6 Å². The molecule has 7 heteroatoms. The number of hydrogen-bond acceptors (Lipinski definition) is 4. The quantitative estimate of drug-likeness (QED) is 0.541. The van der Waals surface area contributed by atoms with Gasteiger partial charge in [-0.15, -0.1) is 10.2 Å². The second-order valence-corrected chi connectivity index (χ2v) is 6.82. The van der Waals surface area contributed by atoms with E-state index >= 15 is 0 Å². The Bertz CT molecular complexity index is 1180. The summed E-state index contributed by atoms with van der Waals surface area (Å²) >= 11 is 0. The molecule has 0 fully saturated rings. The minimum absolute atomic E-state index is 0.225. The summed E-state index contributed by atoms with van der Waals surface area (Å²) in [4.78, 5) is 13.0.